The van der Waals surface area contributed by atoms with E-state index in [1.807, 2.05) is 0 Å². The van der Waals surface area contributed by atoms with Crippen LogP contribution in [0.4, 0.5) is 9.59 Å². The highest BCUT2D eigenvalue weighted by Gasteiger charge is 2.00. The molecule has 0 saturated heterocycles. The molecule has 0 rings (SSSR count). The van der Waals surface area contributed by atoms with Crippen LogP contribution in [0.1, 0.15) is 0 Å². The molecule has 8 heavy (non-hydrogen) atoms. The number of primary amides is 1. The number of amides is 3. The third kappa shape index (κ3) is 3.23. The van der Waals surface area contributed by atoms with Crippen LogP contribution in [0.2, 0.25) is 0 Å². The molecular weight excluding hydrogens is 135 g/mol. The highest BCUT2D eigenvalue weighted by molar-refractivity contribution is 6.14. The van der Waals surface area contributed by atoms with Crippen molar-refractivity contribution < 1.29 is 13.9 Å². The minimum absolute atomic E-state index is 1.00. The molecule has 0 aromatic heterocycles. The van der Waals surface area contributed by atoms with Gasteiger partial charge in [-0.3, -0.25) is 0 Å². The Labute approximate surface area is 49.9 Å². The lowest BCUT2D eigenvalue weighted by Gasteiger charge is -1.91. The zero-order valence-corrected chi connectivity index (χ0v) is 4.44. The standard InChI is InChI=1S/C2H3ClN2O3/c3-8-2(7)5-1(4)6/h(H3,4,5,6,7). The molecule has 0 aromatic rings. The first-order valence-corrected chi connectivity index (χ1v) is 1.86. The van der Waals surface area contributed by atoms with Crippen LogP contribution in [0, 0.1) is 0 Å². The Kier molecular flexibility index (Phi) is 2.71. The maximum Gasteiger partial charge on any atom is 0.433 e. The first-order valence-electron chi connectivity index (χ1n) is 1.56. The second-order valence-corrected chi connectivity index (χ2v) is 1.01. The summed E-state index contributed by atoms with van der Waals surface area (Å²) in [6, 6.07) is -1.00. The average molecular weight is 139 g/mol. The Morgan fingerprint density at radius 1 is 1.62 bits per heavy atom. The molecule has 0 aromatic carbocycles. The third-order valence-electron chi connectivity index (χ3n) is 0.295. The van der Waals surface area contributed by atoms with Crippen LogP contribution < -0.4 is 11.1 Å². The second-order valence-electron chi connectivity index (χ2n) is 0.854. The lowest BCUT2D eigenvalue weighted by Crippen LogP contribution is -2.33. The lowest BCUT2D eigenvalue weighted by molar-refractivity contribution is 0.203. The SMILES string of the molecule is NC(=O)NC(=O)OCl. The predicted molar refractivity (Wildman–Crippen MR) is 25.1 cm³/mol. The van der Waals surface area contributed by atoms with Crippen LogP contribution in [0.25, 0.3) is 0 Å². The smallest absolute Gasteiger partial charge is 0.351 e. The maximum atomic E-state index is 9.86. The van der Waals surface area contributed by atoms with Crippen molar-refractivity contribution in [2.24, 2.45) is 5.73 Å². The summed E-state index contributed by atoms with van der Waals surface area (Å²) in [5.74, 6) is 0. The van der Waals surface area contributed by atoms with Gasteiger partial charge in [0.05, 0.1) is 0 Å². The zero-order chi connectivity index (χ0) is 6.57. The van der Waals surface area contributed by atoms with Crippen molar-refractivity contribution in [1.82, 2.24) is 5.32 Å². The van der Waals surface area contributed by atoms with Gasteiger partial charge in [0.15, 0.2) is 0 Å². The Bertz CT molecular complexity index is 114. The lowest BCUT2D eigenvalue weighted by atomic mass is 11.0. The Balaban J connectivity index is 3.40. The fourth-order valence-corrected chi connectivity index (χ4v) is 0.158. The largest absolute Gasteiger partial charge is 0.433 e. The van der Waals surface area contributed by atoms with Crippen LogP contribution >= 0.6 is 11.9 Å². The number of hydrogen-bond acceptors (Lipinski definition) is 3. The van der Waals surface area contributed by atoms with Crippen molar-refractivity contribution >= 4 is 24.0 Å². The van der Waals surface area contributed by atoms with E-state index in [0.717, 1.165) is 0 Å². The molecule has 5 nitrogen and oxygen atoms in total. The Morgan fingerprint density at radius 2 is 2.12 bits per heavy atom. The van der Waals surface area contributed by atoms with Crippen LogP contribution in [0.3, 0.4) is 0 Å². The average Bonchev–Trinajstić information content (AvgIpc) is 1.65. The highest BCUT2D eigenvalue weighted by Crippen LogP contribution is 1.78. The van der Waals surface area contributed by atoms with E-state index in [2.05, 4.69) is 21.9 Å². The van der Waals surface area contributed by atoms with E-state index in [1.54, 1.807) is 0 Å². The van der Waals surface area contributed by atoms with Gasteiger partial charge >= 0.3 is 12.1 Å². The van der Waals surface area contributed by atoms with Crippen molar-refractivity contribution in [3.63, 3.8) is 0 Å². The molecule has 0 fully saturated rings. The summed E-state index contributed by atoms with van der Waals surface area (Å²) >= 11 is 4.48. The van der Waals surface area contributed by atoms with Crippen molar-refractivity contribution in [3.8, 4) is 0 Å². The second kappa shape index (κ2) is 3.09. The van der Waals surface area contributed by atoms with Crippen LogP contribution in [0.15, 0.2) is 0 Å². The summed E-state index contributed by atoms with van der Waals surface area (Å²) in [7, 11) is 0. The summed E-state index contributed by atoms with van der Waals surface area (Å²) in [6.07, 6.45) is -1.08. The Hall–Kier alpha value is -0.970. The number of rotatable bonds is 0. The zero-order valence-electron chi connectivity index (χ0n) is 3.68. The van der Waals surface area contributed by atoms with Gasteiger partial charge in [-0.1, -0.05) is 0 Å². The van der Waals surface area contributed by atoms with E-state index in [-0.39, 0.29) is 0 Å². The van der Waals surface area contributed by atoms with Crippen LogP contribution in [-0.4, -0.2) is 12.1 Å². The number of nitrogens with two attached hydrogens (primary N) is 1. The molecule has 46 valence electrons. The van der Waals surface area contributed by atoms with Crippen LogP contribution in [-0.2, 0) is 4.29 Å². The number of carbonyl (C=O) groups is 2. The van der Waals surface area contributed by atoms with E-state index in [1.165, 1.54) is 5.32 Å². The number of nitrogens with one attached hydrogen (secondary N) is 1. The molecule has 0 atom stereocenters. The van der Waals surface area contributed by atoms with Gasteiger partial charge in [-0.05, 0) is 0 Å². The van der Waals surface area contributed by atoms with Gasteiger partial charge in [0.1, 0.15) is 11.9 Å². The molecule has 3 N–H and O–H groups in total. The molecule has 0 heterocycles. The number of hydrogen-bond donors (Lipinski definition) is 2. The molecule has 0 bridgehead atoms. The van der Waals surface area contributed by atoms with Crippen molar-refractivity contribution in [3.05, 3.63) is 0 Å². The van der Waals surface area contributed by atoms with Crippen molar-refractivity contribution in [2.75, 3.05) is 0 Å². The van der Waals surface area contributed by atoms with Gasteiger partial charge in [0.25, 0.3) is 0 Å². The van der Waals surface area contributed by atoms with Gasteiger partial charge in [-0.25, -0.2) is 14.9 Å². The predicted octanol–water partition coefficient (Wildman–Crippen LogP) is -0.0549. The summed E-state index contributed by atoms with van der Waals surface area (Å²) in [6.45, 7) is 0. The molecule has 0 aliphatic carbocycles. The molecule has 0 aliphatic rings. The van der Waals surface area contributed by atoms with Gasteiger partial charge in [-0.2, -0.15) is 0 Å². The van der Waals surface area contributed by atoms with Crippen molar-refractivity contribution in [2.45, 2.75) is 0 Å². The summed E-state index contributed by atoms with van der Waals surface area (Å²) in [5.41, 5.74) is 4.46. The van der Waals surface area contributed by atoms with E-state index in [4.69, 9.17) is 0 Å². The van der Waals surface area contributed by atoms with Gasteiger partial charge in [0.2, 0.25) is 0 Å². The fourth-order valence-electron chi connectivity index (χ4n) is 0.120. The minimum Gasteiger partial charge on any atom is -0.351 e. The Morgan fingerprint density at radius 3 is 2.25 bits per heavy atom. The van der Waals surface area contributed by atoms with Crippen LogP contribution in [0.5, 0.6) is 0 Å². The maximum absolute atomic E-state index is 9.86. The van der Waals surface area contributed by atoms with Gasteiger partial charge < -0.3 is 10.0 Å². The highest BCUT2D eigenvalue weighted by atomic mass is 35.5. The summed E-state index contributed by atoms with van der Waals surface area (Å²) in [5, 5.41) is 1.54. The van der Waals surface area contributed by atoms with E-state index in [0.29, 0.717) is 0 Å². The number of halogens is 1. The molecular formula is C2H3ClN2O3. The number of carbonyl (C=O) groups excluding carboxylic acids is 2. The quantitative estimate of drug-likeness (QED) is 0.492. The normalized spacial score (nSPS) is 7.62. The number of urea groups is 1. The molecule has 6 heteroatoms. The van der Waals surface area contributed by atoms with Gasteiger partial charge in [-0.15, -0.1) is 0 Å². The molecule has 0 spiro atoms. The topological polar surface area (TPSA) is 81.4 Å². The first kappa shape index (κ1) is 7.03. The van der Waals surface area contributed by atoms with Gasteiger partial charge in [0, 0.05) is 0 Å². The first-order chi connectivity index (χ1) is 3.66. The molecule has 0 radical (unpaired) electrons. The molecule has 0 aliphatic heterocycles. The van der Waals surface area contributed by atoms with Crippen molar-refractivity contribution in [1.29, 1.82) is 0 Å². The fraction of sp³-hybridized carbons (Fsp3) is 0. The monoisotopic (exact) mass is 138 g/mol. The minimum atomic E-state index is -1.08. The number of imide groups is 1. The molecule has 3 amide bonds. The molecule has 0 saturated carbocycles. The van der Waals surface area contributed by atoms with E-state index < -0.39 is 12.1 Å². The third-order valence-corrected chi connectivity index (χ3v) is 0.435. The summed E-state index contributed by atoms with van der Waals surface area (Å²) < 4.78 is 3.48. The molecule has 0 unspecified atom stereocenters. The van der Waals surface area contributed by atoms with E-state index >= 15 is 0 Å². The van der Waals surface area contributed by atoms with E-state index in [9.17, 15) is 9.59 Å². The summed E-state index contributed by atoms with van der Waals surface area (Å²) in [4.78, 5) is 19.6.